The molecule has 1 aliphatic rings. The third-order valence-electron chi connectivity index (χ3n) is 6.16. The van der Waals surface area contributed by atoms with Gasteiger partial charge in [-0.05, 0) is 74.4 Å². The van der Waals surface area contributed by atoms with Gasteiger partial charge in [-0.25, -0.2) is 18.2 Å². The largest absolute Gasteiger partial charge is 0.478 e. The van der Waals surface area contributed by atoms with E-state index in [1.54, 1.807) is 24.1 Å². The summed E-state index contributed by atoms with van der Waals surface area (Å²) in [6, 6.07) is 8.46. The molecule has 2 heterocycles. The molecular formula is C25H31N5O4S. The van der Waals surface area contributed by atoms with Gasteiger partial charge in [0.2, 0.25) is 0 Å². The first-order chi connectivity index (χ1) is 16.7. The van der Waals surface area contributed by atoms with Crippen molar-refractivity contribution in [3.05, 3.63) is 64.6 Å². The smallest absolute Gasteiger partial charge is 0.339 e. The molecule has 10 heteroatoms. The third kappa shape index (κ3) is 5.48. The molecule has 0 unspecified atom stereocenters. The van der Waals surface area contributed by atoms with Crippen molar-refractivity contribution in [3.8, 4) is 0 Å². The van der Waals surface area contributed by atoms with E-state index in [0.29, 0.717) is 6.54 Å². The van der Waals surface area contributed by atoms with Gasteiger partial charge in [-0.15, -0.1) is 0 Å². The number of anilines is 2. The van der Waals surface area contributed by atoms with E-state index in [0.717, 1.165) is 55.6 Å². The summed E-state index contributed by atoms with van der Waals surface area (Å²) in [4.78, 5) is 18.2. The summed E-state index contributed by atoms with van der Waals surface area (Å²) >= 11 is 0. The molecule has 0 saturated carbocycles. The third-order valence-corrected chi connectivity index (χ3v) is 7.54. The normalized spacial score (nSPS) is 13.3. The molecule has 0 bridgehead atoms. The van der Waals surface area contributed by atoms with Gasteiger partial charge in [0.25, 0.3) is 10.0 Å². The molecule has 0 radical (unpaired) electrons. The number of aromatic carboxylic acids is 1. The van der Waals surface area contributed by atoms with E-state index in [1.165, 1.54) is 17.8 Å². The summed E-state index contributed by atoms with van der Waals surface area (Å²) in [5.41, 5.74) is 4.09. The van der Waals surface area contributed by atoms with Crippen molar-refractivity contribution in [2.24, 2.45) is 0 Å². The Labute approximate surface area is 205 Å². The zero-order valence-corrected chi connectivity index (χ0v) is 21.1. The molecule has 35 heavy (non-hydrogen) atoms. The summed E-state index contributed by atoms with van der Waals surface area (Å²) in [7, 11) is -2.13. The lowest BCUT2D eigenvalue weighted by atomic mass is 9.92. The minimum absolute atomic E-state index is 0.0866. The van der Waals surface area contributed by atoms with Gasteiger partial charge in [-0.1, -0.05) is 13.0 Å². The summed E-state index contributed by atoms with van der Waals surface area (Å²) < 4.78 is 30.5. The highest BCUT2D eigenvalue weighted by Crippen LogP contribution is 2.27. The van der Waals surface area contributed by atoms with E-state index in [9.17, 15) is 18.3 Å². The lowest BCUT2D eigenvalue weighted by Gasteiger charge is -2.21. The number of nitrogens with zero attached hydrogens (tertiary/aromatic N) is 4. The summed E-state index contributed by atoms with van der Waals surface area (Å²) in [6.07, 6.45) is 6.26. The maximum atomic E-state index is 13.0. The maximum absolute atomic E-state index is 13.0. The van der Waals surface area contributed by atoms with Gasteiger partial charge in [0.05, 0.1) is 34.7 Å². The van der Waals surface area contributed by atoms with Crippen LogP contribution in [0.15, 0.2) is 41.4 Å². The Hall–Kier alpha value is -3.40. The van der Waals surface area contributed by atoms with Crippen molar-refractivity contribution in [1.29, 1.82) is 0 Å². The van der Waals surface area contributed by atoms with Crippen LogP contribution in [0.25, 0.3) is 0 Å². The van der Waals surface area contributed by atoms with Gasteiger partial charge in [0.15, 0.2) is 0 Å². The Bertz CT molecular complexity index is 1350. The molecule has 0 saturated heterocycles. The first-order valence-electron chi connectivity index (χ1n) is 11.8. The number of carboxylic acid groups (broad SMARTS) is 1. The van der Waals surface area contributed by atoms with Crippen molar-refractivity contribution in [3.63, 3.8) is 0 Å². The van der Waals surface area contributed by atoms with Crippen molar-refractivity contribution < 1.29 is 18.3 Å². The molecule has 2 aromatic heterocycles. The molecule has 3 aromatic rings. The van der Waals surface area contributed by atoms with Crippen LogP contribution in [-0.2, 0) is 36.0 Å². The van der Waals surface area contributed by atoms with Crippen LogP contribution in [0.1, 0.15) is 59.1 Å². The lowest BCUT2D eigenvalue weighted by Crippen LogP contribution is -2.23. The second kappa shape index (κ2) is 10.1. The van der Waals surface area contributed by atoms with Crippen LogP contribution in [0.2, 0.25) is 0 Å². The average Bonchev–Trinajstić information content (AvgIpc) is 3.16. The summed E-state index contributed by atoms with van der Waals surface area (Å²) in [5.74, 6) is -0.941. The predicted molar refractivity (Wildman–Crippen MR) is 134 cm³/mol. The fraction of sp³-hybridized carbons (Fsp3) is 0.400. The highest BCUT2D eigenvalue weighted by Gasteiger charge is 2.22. The first-order valence-corrected chi connectivity index (χ1v) is 13.3. The monoisotopic (exact) mass is 497 g/mol. The van der Waals surface area contributed by atoms with E-state index in [4.69, 9.17) is 0 Å². The topological polar surface area (TPSA) is 117 Å². The number of aromatic nitrogens is 3. The highest BCUT2D eigenvalue weighted by atomic mass is 32.2. The fourth-order valence-corrected chi connectivity index (χ4v) is 5.60. The van der Waals surface area contributed by atoms with E-state index in [1.807, 2.05) is 23.7 Å². The van der Waals surface area contributed by atoms with Gasteiger partial charge >= 0.3 is 5.97 Å². The number of hydrogen-bond acceptors (Lipinski definition) is 6. The number of carbonyl (C=O) groups is 1. The highest BCUT2D eigenvalue weighted by molar-refractivity contribution is 7.92. The number of sulfonamides is 1. The maximum Gasteiger partial charge on any atom is 0.339 e. The molecule has 4 rings (SSSR count). The van der Waals surface area contributed by atoms with Gasteiger partial charge in [-0.2, -0.15) is 5.10 Å². The minimum atomic E-state index is -3.89. The van der Waals surface area contributed by atoms with E-state index in [2.05, 4.69) is 21.7 Å². The molecule has 0 aliphatic heterocycles. The number of nitrogens with one attached hydrogen (secondary N) is 1. The average molecular weight is 498 g/mol. The molecule has 0 fully saturated rings. The molecule has 0 spiro atoms. The van der Waals surface area contributed by atoms with Gasteiger partial charge in [-0.3, -0.25) is 9.40 Å². The Morgan fingerprint density at radius 3 is 2.63 bits per heavy atom. The quantitative estimate of drug-likeness (QED) is 0.459. The number of hydrogen-bond donors (Lipinski definition) is 2. The number of benzene rings is 1. The second-order valence-corrected chi connectivity index (χ2v) is 10.7. The van der Waals surface area contributed by atoms with Gasteiger partial charge < -0.3 is 10.0 Å². The predicted octanol–water partition coefficient (Wildman–Crippen LogP) is 4.01. The Balaban J connectivity index is 1.58. The van der Waals surface area contributed by atoms with Crippen LogP contribution in [-0.4, -0.2) is 41.3 Å². The zero-order chi connectivity index (χ0) is 25.2. The number of rotatable bonds is 9. The Kier molecular flexibility index (Phi) is 7.11. The van der Waals surface area contributed by atoms with E-state index < -0.39 is 16.0 Å². The molecule has 2 N–H and O–H groups in total. The number of fused-ring (bicyclic) bond motifs is 1. The molecule has 186 valence electrons. The van der Waals surface area contributed by atoms with Crippen LogP contribution >= 0.6 is 0 Å². The van der Waals surface area contributed by atoms with Gasteiger partial charge in [0.1, 0.15) is 11.4 Å². The van der Waals surface area contributed by atoms with Gasteiger partial charge in [0, 0.05) is 13.6 Å². The van der Waals surface area contributed by atoms with Crippen molar-refractivity contribution in [2.45, 2.75) is 63.9 Å². The lowest BCUT2D eigenvalue weighted by molar-refractivity contribution is 0.0697. The molecule has 9 nitrogen and oxygen atoms in total. The minimum Gasteiger partial charge on any atom is -0.478 e. The Morgan fingerprint density at radius 1 is 1.17 bits per heavy atom. The number of aryl methyl sites for hydroxylation is 4. The summed E-state index contributed by atoms with van der Waals surface area (Å²) in [6.45, 7) is 5.16. The molecule has 1 aromatic carbocycles. The number of pyridine rings is 1. The van der Waals surface area contributed by atoms with E-state index >= 15 is 0 Å². The van der Waals surface area contributed by atoms with Crippen molar-refractivity contribution in [1.82, 2.24) is 14.8 Å². The molecule has 0 atom stereocenters. The Morgan fingerprint density at radius 2 is 1.91 bits per heavy atom. The van der Waals surface area contributed by atoms with Crippen molar-refractivity contribution >= 4 is 27.5 Å². The first kappa shape index (κ1) is 24.7. The number of carboxylic acids is 1. The fourth-order valence-electron chi connectivity index (χ4n) is 4.52. The van der Waals surface area contributed by atoms with Crippen LogP contribution in [0.3, 0.4) is 0 Å². The van der Waals surface area contributed by atoms with Crippen molar-refractivity contribution in [2.75, 3.05) is 16.7 Å². The second-order valence-electron chi connectivity index (χ2n) is 9.00. The standard InChI is InChI=1S/C25H31N5O4S/c1-4-11-30-21(12-17(2)27-30)16-29(3)24-23(25(31)32)14-20(15-26-24)28-35(33,34)22-10-9-18-7-5-6-8-19(18)13-22/h9-10,12-15,28H,4-8,11,16H2,1-3H3,(H,31,32). The molecule has 1 aliphatic carbocycles. The van der Waals surface area contributed by atoms with Crippen LogP contribution in [0.4, 0.5) is 11.5 Å². The summed E-state index contributed by atoms with van der Waals surface area (Å²) in [5, 5.41) is 14.3. The molecular weight excluding hydrogens is 466 g/mol. The van der Waals surface area contributed by atoms with Crippen LogP contribution in [0.5, 0.6) is 0 Å². The SMILES string of the molecule is CCCn1nc(C)cc1CN(C)c1ncc(NS(=O)(=O)c2ccc3c(c2)CCCC3)cc1C(=O)O. The van der Waals surface area contributed by atoms with E-state index in [-0.39, 0.29) is 22.0 Å². The zero-order valence-electron chi connectivity index (χ0n) is 20.3. The van der Waals surface area contributed by atoms with Crippen LogP contribution < -0.4 is 9.62 Å². The molecule has 0 amide bonds. The van der Waals surface area contributed by atoms with Crippen LogP contribution in [0, 0.1) is 6.92 Å².